The molecule has 1 heterocycles. The topological polar surface area (TPSA) is 97.8 Å². The van der Waals surface area contributed by atoms with Gasteiger partial charge in [-0.2, -0.15) is 5.26 Å². The maximum Gasteiger partial charge on any atom is 0.267 e. The number of hydrogen-bond donors (Lipinski definition) is 3. The number of rotatable bonds is 6. The number of carbonyl (C=O) groups excluding carboxylic acids is 2. The van der Waals surface area contributed by atoms with Crippen LogP contribution in [0.3, 0.4) is 0 Å². The Bertz CT molecular complexity index is 953. The highest BCUT2D eigenvalue weighted by Gasteiger charge is 2.37. The zero-order valence-electron chi connectivity index (χ0n) is 16.8. The summed E-state index contributed by atoms with van der Waals surface area (Å²) in [6, 6.07) is 9.65. The second kappa shape index (κ2) is 8.28. The van der Waals surface area contributed by atoms with Crippen LogP contribution in [0.1, 0.15) is 61.5 Å². The van der Waals surface area contributed by atoms with Gasteiger partial charge < -0.3 is 15.6 Å². The third-order valence-electron chi connectivity index (χ3n) is 6.29. The number of amides is 2. The Morgan fingerprint density at radius 2 is 2.00 bits per heavy atom. The Labute approximate surface area is 171 Å². The minimum absolute atomic E-state index is 0.0994. The first-order valence-electron chi connectivity index (χ1n) is 10.7. The highest BCUT2D eigenvalue weighted by atomic mass is 16.2. The van der Waals surface area contributed by atoms with Crippen LogP contribution in [0.4, 0.5) is 0 Å². The molecule has 6 nitrogen and oxygen atoms in total. The quantitative estimate of drug-likeness (QED) is 0.702. The Balaban J connectivity index is 1.45. The molecule has 4 rings (SSSR count). The highest BCUT2D eigenvalue weighted by molar-refractivity contribution is 5.98. The minimum atomic E-state index is -0.401. The molecule has 3 N–H and O–H groups in total. The molecule has 0 spiro atoms. The fraction of sp³-hybridized carbons (Fsp3) is 0.522. The van der Waals surface area contributed by atoms with E-state index in [0.29, 0.717) is 11.6 Å². The normalized spacial score (nSPS) is 22.6. The number of H-pyrrole nitrogens is 1. The summed E-state index contributed by atoms with van der Waals surface area (Å²) in [5, 5.41) is 16.3. The predicted molar refractivity (Wildman–Crippen MR) is 111 cm³/mol. The van der Waals surface area contributed by atoms with Crippen molar-refractivity contribution in [2.24, 2.45) is 11.8 Å². The molecule has 2 saturated carbocycles. The van der Waals surface area contributed by atoms with Crippen molar-refractivity contribution in [1.82, 2.24) is 15.6 Å². The van der Waals surface area contributed by atoms with Gasteiger partial charge in [-0.3, -0.25) is 9.59 Å². The van der Waals surface area contributed by atoms with E-state index in [4.69, 9.17) is 0 Å². The van der Waals surface area contributed by atoms with Crippen molar-refractivity contribution in [3.63, 3.8) is 0 Å². The molecule has 152 valence electrons. The lowest BCUT2D eigenvalue weighted by molar-refractivity contribution is -0.127. The van der Waals surface area contributed by atoms with Gasteiger partial charge in [0.1, 0.15) is 11.7 Å². The summed E-state index contributed by atoms with van der Waals surface area (Å²) in [7, 11) is 0. The SMILES string of the molecule is CCc1ccc2[nH]c(C(=O)NC3CCCCC3C(=O)NC(C#N)C3CC3)cc2c1. The molecule has 0 saturated heterocycles. The van der Waals surface area contributed by atoms with Gasteiger partial charge in [0.25, 0.3) is 5.91 Å². The molecule has 0 aliphatic heterocycles. The Hall–Kier alpha value is -2.81. The molecule has 29 heavy (non-hydrogen) atoms. The van der Waals surface area contributed by atoms with Crippen LogP contribution in [-0.4, -0.2) is 28.9 Å². The zero-order chi connectivity index (χ0) is 20.4. The average Bonchev–Trinajstić information content (AvgIpc) is 3.49. The van der Waals surface area contributed by atoms with Gasteiger partial charge >= 0.3 is 0 Å². The number of aromatic amines is 1. The molecule has 0 radical (unpaired) electrons. The number of benzene rings is 1. The van der Waals surface area contributed by atoms with Gasteiger partial charge in [0.2, 0.25) is 5.91 Å². The summed E-state index contributed by atoms with van der Waals surface area (Å²) >= 11 is 0. The Morgan fingerprint density at radius 3 is 2.72 bits per heavy atom. The lowest BCUT2D eigenvalue weighted by Crippen LogP contribution is -2.50. The monoisotopic (exact) mass is 392 g/mol. The van der Waals surface area contributed by atoms with Gasteiger partial charge in [-0.05, 0) is 61.8 Å². The second-order valence-corrected chi connectivity index (χ2v) is 8.38. The summed E-state index contributed by atoms with van der Waals surface area (Å²) in [4.78, 5) is 28.9. The fourth-order valence-electron chi connectivity index (χ4n) is 4.33. The molecular weight excluding hydrogens is 364 g/mol. The number of nitrogens with zero attached hydrogens (tertiary/aromatic N) is 1. The first-order chi connectivity index (χ1) is 14.1. The Kier molecular flexibility index (Phi) is 5.57. The van der Waals surface area contributed by atoms with Crippen LogP contribution < -0.4 is 10.6 Å². The number of nitrogens with one attached hydrogen (secondary N) is 3. The Morgan fingerprint density at radius 1 is 1.21 bits per heavy atom. The summed E-state index contributed by atoms with van der Waals surface area (Å²) in [5.41, 5.74) is 2.69. The van der Waals surface area contributed by atoms with Gasteiger partial charge in [0.05, 0.1) is 12.0 Å². The molecule has 0 bridgehead atoms. The first-order valence-corrected chi connectivity index (χ1v) is 10.7. The number of hydrogen-bond acceptors (Lipinski definition) is 3. The summed E-state index contributed by atoms with van der Waals surface area (Å²) in [5.74, 6) is -0.265. The second-order valence-electron chi connectivity index (χ2n) is 8.38. The van der Waals surface area contributed by atoms with E-state index >= 15 is 0 Å². The number of aryl methyl sites for hydroxylation is 1. The van der Waals surface area contributed by atoms with Crippen molar-refractivity contribution in [3.05, 3.63) is 35.5 Å². The molecule has 3 unspecified atom stereocenters. The standard InChI is InChI=1S/C23H28N4O2/c1-2-14-7-10-18-16(11-14)12-20(25-18)23(29)26-19-6-4-3-5-17(19)22(28)27-21(13-24)15-8-9-15/h7,10-12,15,17,19,21,25H,2-6,8-9H2,1H3,(H,26,29)(H,27,28). The van der Waals surface area contributed by atoms with E-state index in [-0.39, 0.29) is 23.8 Å². The van der Waals surface area contributed by atoms with E-state index in [1.54, 1.807) is 0 Å². The van der Waals surface area contributed by atoms with E-state index in [2.05, 4.69) is 40.7 Å². The fourth-order valence-corrected chi connectivity index (χ4v) is 4.33. The predicted octanol–water partition coefficient (Wildman–Crippen LogP) is 3.44. The lowest BCUT2D eigenvalue weighted by atomic mass is 9.83. The average molecular weight is 393 g/mol. The zero-order valence-corrected chi connectivity index (χ0v) is 16.8. The van der Waals surface area contributed by atoms with Crippen molar-refractivity contribution >= 4 is 22.7 Å². The van der Waals surface area contributed by atoms with Crippen molar-refractivity contribution < 1.29 is 9.59 Å². The van der Waals surface area contributed by atoms with Crippen LogP contribution in [0.15, 0.2) is 24.3 Å². The van der Waals surface area contributed by atoms with Crippen LogP contribution in [0.5, 0.6) is 0 Å². The minimum Gasteiger partial charge on any atom is -0.351 e. The van der Waals surface area contributed by atoms with Gasteiger partial charge in [-0.15, -0.1) is 0 Å². The molecule has 2 fully saturated rings. The third-order valence-corrected chi connectivity index (χ3v) is 6.29. The molecule has 2 aliphatic carbocycles. The van der Waals surface area contributed by atoms with E-state index in [9.17, 15) is 14.9 Å². The number of nitriles is 1. The van der Waals surface area contributed by atoms with Crippen LogP contribution in [0.2, 0.25) is 0 Å². The molecule has 2 aliphatic rings. The van der Waals surface area contributed by atoms with Crippen molar-refractivity contribution in [2.45, 2.75) is 64.0 Å². The molecule has 1 aromatic heterocycles. The van der Waals surface area contributed by atoms with Crippen LogP contribution >= 0.6 is 0 Å². The van der Waals surface area contributed by atoms with Crippen LogP contribution in [-0.2, 0) is 11.2 Å². The first kappa shape index (κ1) is 19.5. The van der Waals surface area contributed by atoms with Crippen LogP contribution in [0, 0.1) is 23.2 Å². The lowest BCUT2D eigenvalue weighted by Gasteiger charge is -2.31. The van der Waals surface area contributed by atoms with E-state index in [0.717, 1.165) is 55.8 Å². The number of fused-ring (bicyclic) bond motifs is 1. The molecule has 1 aromatic carbocycles. The van der Waals surface area contributed by atoms with E-state index in [1.165, 1.54) is 5.56 Å². The summed E-state index contributed by atoms with van der Waals surface area (Å²) < 4.78 is 0. The van der Waals surface area contributed by atoms with Gasteiger partial charge in [0.15, 0.2) is 0 Å². The third kappa shape index (κ3) is 4.29. The van der Waals surface area contributed by atoms with Crippen molar-refractivity contribution in [2.75, 3.05) is 0 Å². The van der Waals surface area contributed by atoms with E-state index in [1.807, 2.05) is 12.1 Å². The molecular formula is C23H28N4O2. The van der Waals surface area contributed by atoms with E-state index < -0.39 is 6.04 Å². The van der Waals surface area contributed by atoms with Crippen LogP contribution in [0.25, 0.3) is 10.9 Å². The summed E-state index contributed by atoms with van der Waals surface area (Å²) in [6.07, 6.45) is 6.44. The highest BCUT2D eigenvalue weighted by Crippen LogP contribution is 2.33. The molecule has 6 heteroatoms. The van der Waals surface area contributed by atoms with Crippen molar-refractivity contribution in [1.29, 1.82) is 5.26 Å². The van der Waals surface area contributed by atoms with Gasteiger partial charge in [0, 0.05) is 16.9 Å². The number of carbonyl (C=O) groups is 2. The summed E-state index contributed by atoms with van der Waals surface area (Å²) in [6.45, 7) is 2.11. The largest absolute Gasteiger partial charge is 0.351 e. The smallest absolute Gasteiger partial charge is 0.267 e. The molecule has 2 aromatic rings. The van der Waals surface area contributed by atoms with Gasteiger partial charge in [-0.25, -0.2) is 0 Å². The molecule has 2 amide bonds. The maximum absolute atomic E-state index is 12.9. The molecule has 3 atom stereocenters. The van der Waals surface area contributed by atoms with Gasteiger partial charge in [-0.1, -0.05) is 25.8 Å². The number of aromatic nitrogens is 1. The van der Waals surface area contributed by atoms with Crippen molar-refractivity contribution in [3.8, 4) is 6.07 Å². The maximum atomic E-state index is 12.9.